The SMILES string of the molecule is CCNC(=NCc1nnc2n1CCC2)NCCc1ccccn1.I. The number of halogens is 1. The Hall–Kier alpha value is -1.71. The Morgan fingerprint density at radius 1 is 1.29 bits per heavy atom. The largest absolute Gasteiger partial charge is 0.357 e. The molecule has 7 nitrogen and oxygen atoms in total. The molecule has 0 amide bonds. The number of pyridine rings is 1. The Bertz CT molecular complexity index is 654. The summed E-state index contributed by atoms with van der Waals surface area (Å²) >= 11 is 0. The van der Waals surface area contributed by atoms with E-state index in [0.29, 0.717) is 6.54 Å². The van der Waals surface area contributed by atoms with Gasteiger partial charge in [0.15, 0.2) is 11.8 Å². The molecule has 2 N–H and O–H groups in total. The molecule has 0 radical (unpaired) electrons. The molecule has 0 aromatic carbocycles. The number of guanidine groups is 1. The lowest BCUT2D eigenvalue weighted by Crippen LogP contribution is -2.38. The summed E-state index contributed by atoms with van der Waals surface area (Å²) in [6.45, 7) is 5.24. The number of nitrogens with zero attached hydrogens (tertiary/aromatic N) is 5. The van der Waals surface area contributed by atoms with Crippen molar-refractivity contribution in [3.8, 4) is 0 Å². The molecule has 0 aliphatic carbocycles. The van der Waals surface area contributed by atoms with Gasteiger partial charge in [-0.25, -0.2) is 4.99 Å². The number of rotatable bonds is 6. The molecule has 0 saturated heterocycles. The Balaban J connectivity index is 0.00000208. The zero-order valence-electron chi connectivity index (χ0n) is 13.9. The van der Waals surface area contributed by atoms with E-state index < -0.39 is 0 Å². The van der Waals surface area contributed by atoms with Crippen molar-refractivity contribution < 1.29 is 0 Å². The van der Waals surface area contributed by atoms with Crippen molar-refractivity contribution in [2.75, 3.05) is 13.1 Å². The number of nitrogens with one attached hydrogen (secondary N) is 2. The summed E-state index contributed by atoms with van der Waals surface area (Å²) in [5.74, 6) is 2.83. The lowest BCUT2D eigenvalue weighted by Gasteiger charge is -2.11. The van der Waals surface area contributed by atoms with Crippen LogP contribution in [-0.4, -0.2) is 38.8 Å². The first-order chi connectivity index (χ1) is 11.4. The predicted molar refractivity (Wildman–Crippen MR) is 105 cm³/mol. The van der Waals surface area contributed by atoms with Crippen LogP contribution in [0.1, 0.15) is 30.7 Å². The van der Waals surface area contributed by atoms with Crippen LogP contribution in [-0.2, 0) is 25.9 Å². The summed E-state index contributed by atoms with van der Waals surface area (Å²) in [7, 11) is 0. The highest BCUT2D eigenvalue weighted by Gasteiger charge is 2.16. The molecule has 0 atom stereocenters. The van der Waals surface area contributed by atoms with Crippen LogP contribution in [0, 0.1) is 0 Å². The average Bonchev–Trinajstić information content (AvgIpc) is 3.17. The predicted octanol–water partition coefficient (Wildman–Crippen LogP) is 1.54. The van der Waals surface area contributed by atoms with Gasteiger partial charge in [-0.15, -0.1) is 34.2 Å². The van der Waals surface area contributed by atoms with Gasteiger partial charge in [0.25, 0.3) is 0 Å². The summed E-state index contributed by atoms with van der Waals surface area (Å²) < 4.78 is 2.18. The van der Waals surface area contributed by atoms with E-state index in [1.54, 1.807) is 0 Å². The summed E-state index contributed by atoms with van der Waals surface area (Å²) in [6.07, 6.45) is 4.87. The molecular formula is C16H24IN7. The molecule has 0 unspecified atom stereocenters. The van der Waals surface area contributed by atoms with Crippen molar-refractivity contribution in [2.24, 2.45) is 4.99 Å². The molecule has 24 heavy (non-hydrogen) atoms. The van der Waals surface area contributed by atoms with Gasteiger partial charge in [0, 0.05) is 44.4 Å². The molecule has 0 spiro atoms. The van der Waals surface area contributed by atoms with Crippen LogP contribution in [0.2, 0.25) is 0 Å². The van der Waals surface area contributed by atoms with E-state index in [1.165, 1.54) is 0 Å². The van der Waals surface area contributed by atoms with Gasteiger partial charge in [-0.05, 0) is 25.5 Å². The molecule has 130 valence electrons. The van der Waals surface area contributed by atoms with E-state index in [0.717, 1.165) is 62.2 Å². The molecular weight excluding hydrogens is 417 g/mol. The zero-order valence-corrected chi connectivity index (χ0v) is 16.2. The van der Waals surface area contributed by atoms with Crippen LogP contribution >= 0.6 is 24.0 Å². The van der Waals surface area contributed by atoms with Gasteiger partial charge >= 0.3 is 0 Å². The van der Waals surface area contributed by atoms with Crippen molar-refractivity contribution in [1.82, 2.24) is 30.4 Å². The molecule has 2 aromatic rings. The lowest BCUT2D eigenvalue weighted by molar-refractivity contribution is 0.684. The van der Waals surface area contributed by atoms with Crippen LogP contribution in [0.4, 0.5) is 0 Å². The maximum Gasteiger partial charge on any atom is 0.191 e. The van der Waals surface area contributed by atoms with Crippen LogP contribution in [0.5, 0.6) is 0 Å². The highest BCUT2D eigenvalue weighted by molar-refractivity contribution is 14.0. The number of aliphatic imine (C=N–C) groups is 1. The van der Waals surface area contributed by atoms with Crippen LogP contribution in [0.3, 0.4) is 0 Å². The number of hydrogen-bond donors (Lipinski definition) is 2. The van der Waals surface area contributed by atoms with Gasteiger partial charge in [-0.3, -0.25) is 4.98 Å². The van der Waals surface area contributed by atoms with Crippen LogP contribution in [0.25, 0.3) is 0 Å². The van der Waals surface area contributed by atoms with Crippen molar-refractivity contribution in [3.05, 3.63) is 41.7 Å². The van der Waals surface area contributed by atoms with Gasteiger partial charge < -0.3 is 15.2 Å². The standard InChI is InChI=1S/C16H23N7.HI/c1-2-17-16(19-10-8-13-6-3-4-9-18-13)20-12-15-22-21-14-7-5-11-23(14)15;/h3-4,6,9H,2,5,7-8,10-12H2,1H3,(H2,17,19,20);1H. The number of aromatic nitrogens is 4. The Kier molecular flexibility index (Phi) is 7.41. The third kappa shape index (κ3) is 4.89. The number of aryl methyl sites for hydroxylation is 1. The summed E-state index contributed by atoms with van der Waals surface area (Å²) in [5.41, 5.74) is 1.08. The monoisotopic (exact) mass is 441 g/mol. The molecule has 1 aliphatic rings. The second-order valence-electron chi connectivity index (χ2n) is 5.48. The third-order valence-electron chi connectivity index (χ3n) is 3.81. The summed E-state index contributed by atoms with van der Waals surface area (Å²) in [4.78, 5) is 8.94. The van der Waals surface area contributed by atoms with Gasteiger partial charge in [0.1, 0.15) is 12.4 Å². The van der Waals surface area contributed by atoms with Crippen molar-refractivity contribution >= 4 is 29.9 Å². The average molecular weight is 441 g/mol. The fraction of sp³-hybridized carbons (Fsp3) is 0.500. The van der Waals surface area contributed by atoms with Crippen molar-refractivity contribution in [2.45, 2.75) is 39.3 Å². The van der Waals surface area contributed by atoms with Gasteiger partial charge in [-0.2, -0.15) is 0 Å². The normalized spacial score (nSPS) is 13.3. The van der Waals surface area contributed by atoms with Gasteiger partial charge in [-0.1, -0.05) is 6.07 Å². The van der Waals surface area contributed by atoms with E-state index in [2.05, 4.69) is 42.3 Å². The third-order valence-corrected chi connectivity index (χ3v) is 3.81. The summed E-state index contributed by atoms with van der Waals surface area (Å²) in [6, 6.07) is 5.97. The molecule has 3 heterocycles. The number of hydrogen-bond acceptors (Lipinski definition) is 4. The Morgan fingerprint density at radius 2 is 2.21 bits per heavy atom. The fourth-order valence-corrected chi connectivity index (χ4v) is 2.67. The number of fused-ring (bicyclic) bond motifs is 1. The van der Waals surface area contributed by atoms with E-state index in [1.807, 2.05) is 24.4 Å². The fourth-order valence-electron chi connectivity index (χ4n) is 2.67. The molecule has 3 rings (SSSR count). The Morgan fingerprint density at radius 3 is 3.00 bits per heavy atom. The second kappa shape index (κ2) is 9.55. The molecule has 0 bridgehead atoms. The first-order valence-electron chi connectivity index (χ1n) is 8.20. The minimum absolute atomic E-state index is 0. The first-order valence-corrected chi connectivity index (χ1v) is 8.20. The van der Waals surface area contributed by atoms with Crippen LogP contribution in [0.15, 0.2) is 29.4 Å². The van der Waals surface area contributed by atoms with E-state index in [9.17, 15) is 0 Å². The van der Waals surface area contributed by atoms with E-state index in [4.69, 9.17) is 0 Å². The smallest absolute Gasteiger partial charge is 0.191 e. The maximum absolute atomic E-state index is 4.62. The molecule has 0 saturated carbocycles. The van der Waals surface area contributed by atoms with Crippen molar-refractivity contribution in [3.63, 3.8) is 0 Å². The quantitative estimate of drug-likeness (QED) is 0.404. The molecule has 0 fully saturated rings. The van der Waals surface area contributed by atoms with Gasteiger partial charge in [0.2, 0.25) is 0 Å². The first kappa shape index (κ1) is 18.6. The molecule has 2 aromatic heterocycles. The van der Waals surface area contributed by atoms with Crippen LogP contribution < -0.4 is 10.6 Å². The highest BCUT2D eigenvalue weighted by atomic mass is 127. The molecule has 1 aliphatic heterocycles. The van der Waals surface area contributed by atoms with E-state index >= 15 is 0 Å². The summed E-state index contributed by atoms with van der Waals surface area (Å²) in [5, 5.41) is 15.1. The molecule has 8 heteroatoms. The maximum atomic E-state index is 4.62. The zero-order chi connectivity index (χ0) is 15.9. The highest BCUT2D eigenvalue weighted by Crippen LogP contribution is 2.14. The second-order valence-corrected chi connectivity index (χ2v) is 5.48. The minimum atomic E-state index is 0. The lowest BCUT2D eigenvalue weighted by atomic mass is 10.3. The van der Waals surface area contributed by atoms with Gasteiger partial charge in [0.05, 0.1) is 0 Å². The topological polar surface area (TPSA) is 80.0 Å². The Labute approximate surface area is 159 Å². The van der Waals surface area contributed by atoms with Crippen molar-refractivity contribution in [1.29, 1.82) is 0 Å². The van der Waals surface area contributed by atoms with E-state index in [-0.39, 0.29) is 24.0 Å². The minimum Gasteiger partial charge on any atom is -0.357 e.